The Morgan fingerprint density at radius 3 is 2.85 bits per heavy atom. The predicted octanol–water partition coefficient (Wildman–Crippen LogP) is 1.90. The molecule has 6 heteroatoms. The van der Waals surface area contributed by atoms with E-state index in [1.807, 2.05) is 17.5 Å². The quantitative estimate of drug-likeness (QED) is 0.787. The summed E-state index contributed by atoms with van der Waals surface area (Å²) in [6, 6.07) is 2.71. The van der Waals surface area contributed by atoms with Crippen LogP contribution in [0.3, 0.4) is 0 Å². The Hall–Kier alpha value is -2.00. The molecule has 1 saturated carbocycles. The smallest absolute Gasteiger partial charge is 0.327 e. The number of carboxylic acids is 1. The molecule has 1 atom stereocenters. The highest BCUT2D eigenvalue weighted by atomic mass is 32.1. The molecule has 2 amide bonds. The number of urea groups is 1. The summed E-state index contributed by atoms with van der Waals surface area (Å²) in [5.41, 5.74) is 0. The molecule has 106 valence electrons. The van der Waals surface area contributed by atoms with Crippen LogP contribution in [0.15, 0.2) is 17.5 Å². The van der Waals surface area contributed by atoms with Crippen molar-refractivity contribution in [3.8, 4) is 12.3 Å². The zero-order valence-electron chi connectivity index (χ0n) is 10.9. The molecule has 0 saturated heterocycles. The summed E-state index contributed by atoms with van der Waals surface area (Å²) < 4.78 is 0. The van der Waals surface area contributed by atoms with Crippen LogP contribution in [0.5, 0.6) is 0 Å². The summed E-state index contributed by atoms with van der Waals surface area (Å²) in [6.07, 6.45) is 7.04. The van der Waals surface area contributed by atoms with E-state index in [2.05, 4.69) is 11.2 Å². The molecule has 0 radical (unpaired) electrons. The fourth-order valence-corrected chi connectivity index (χ4v) is 2.58. The van der Waals surface area contributed by atoms with Gasteiger partial charge in [-0.3, -0.25) is 0 Å². The number of amides is 2. The molecular weight excluding hydrogens is 276 g/mol. The Morgan fingerprint density at radius 1 is 1.60 bits per heavy atom. The van der Waals surface area contributed by atoms with Crippen LogP contribution in [-0.4, -0.2) is 34.1 Å². The third kappa shape index (κ3) is 3.75. The van der Waals surface area contributed by atoms with Gasteiger partial charge in [0.05, 0.1) is 6.54 Å². The van der Waals surface area contributed by atoms with Crippen molar-refractivity contribution in [2.75, 3.05) is 0 Å². The van der Waals surface area contributed by atoms with E-state index < -0.39 is 12.0 Å². The van der Waals surface area contributed by atoms with E-state index in [0.717, 1.165) is 17.7 Å². The molecule has 0 spiro atoms. The summed E-state index contributed by atoms with van der Waals surface area (Å²) in [4.78, 5) is 26.0. The SMILES string of the molecule is C#CCC(NC(=O)N(Cc1cccs1)C1CC1)C(=O)O. The van der Waals surface area contributed by atoms with Crippen molar-refractivity contribution >= 4 is 23.3 Å². The Morgan fingerprint density at radius 2 is 2.35 bits per heavy atom. The molecule has 1 fully saturated rings. The first-order chi connectivity index (χ1) is 9.61. The fraction of sp³-hybridized carbons (Fsp3) is 0.429. The molecule has 0 bridgehead atoms. The topological polar surface area (TPSA) is 69.6 Å². The minimum absolute atomic E-state index is 0.0153. The number of aliphatic carboxylic acids is 1. The highest BCUT2D eigenvalue weighted by molar-refractivity contribution is 7.09. The molecular formula is C14H16N2O3S. The van der Waals surface area contributed by atoms with Gasteiger partial charge in [0.1, 0.15) is 6.04 Å². The maximum Gasteiger partial charge on any atom is 0.327 e. The van der Waals surface area contributed by atoms with Gasteiger partial charge in [-0.05, 0) is 24.3 Å². The van der Waals surface area contributed by atoms with Crippen LogP contribution in [0.1, 0.15) is 24.1 Å². The van der Waals surface area contributed by atoms with Crippen molar-refractivity contribution in [3.63, 3.8) is 0 Å². The molecule has 2 N–H and O–H groups in total. The maximum absolute atomic E-state index is 12.2. The van der Waals surface area contributed by atoms with Crippen LogP contribution in [0, 0.1) is 12.3 Å². The number of carbonyl (C=O) groups excluding carboxylic acids is 1. The van der Waals surface area contributed by atoms with E-state index in [9.17, 15) is 9.59 Å². The van der Waals surface area contributed by atoms with Crippen LogP contribution < -0.4 is 5.32 Å². The normalized spacial score (nSPS) is 15.2. The average molecular weight is 292 g/mol. The van der Waals surface area contributed by atoms with E-state index in [0.29, 0.717) is 6.54 Å². The molecule has 20 heavy (non-hydrogen) atoms. The minimum Gasteiger partial charge on any atom is -0.480 e. The van der Waals surface area contributed by atoms with Crippen molar-refractivity contribution in [1.29, 1.82) is 0 Å². The highest BCUT2D eigenvalue weighted by Crippen LogP contribution is 2.29. The number of rotatable bonds is 6. The van der Waals surface area contributed by atoms with Gasteiger partial charge in [-0.25, -0.2) is 9.59 Å². The van der Waals surface area contributed by atoms with Gasteiger partial charge >= 0.3 is 12.0 Å². The van der Waals surface area contributed by atoms with Gasteiger partial charge in [0.25, 0.3) is 0 Å². The first-order valence-electron chi connectivity index (χ1n) is 6.37. The molecule has 1 aliphatic rings. The number of nitrogens with one attached hydrogen (secondary N) is 1. The van der Waals surface area contributed by atoms with Gasteiger partial charge in [0.2, 0.25) is 0 Å². The summed E-state index contributed by atoms with van der Waals surface area (Å²) in [6.45, 7) is 0.510. The van der Waals surface area contributed by atoms with Crippen LogP contribution in [-0.2, 0) is 11.3 Å². The highest BCUT2D eigenvalue weighted by Gasteiger charge is 2.34. The van der Waals surface area contributed by atoms with Gasteiger partial charge in [0.15, 0.2) is 0 Å². The summed E-state index contributed by atoms with van der Waals surface area (Å²) in [7, 11) is 0. The van der Waals surface area contributed by atoms with Gasteiger partial charge < -0.3 is 15.3 Å². The van der Waals surface area contributed by atoms with Crippen molar-refractivity contribution in [2.45, 2.75) is 37.9 Å². The van der Waals surface area contributed by atoms with Crippen molar-refractivity contribution in [3.05, 3.63) is 22.4 Å². The summed E-state index contributed by atoms with van der Waals surface area (Å²) >= 11 is 1.58. The first kappa shape index (κ1) is 14.4. The van der Waals surface area contributed by atoms with Crippen LogP contribution >= 0.6 is 11.3 Å². The number of nitrogens with zero attached hydrogens (tertiary/aromatic N) is 1. The number of hydrogen-bond acceptors (Lipinski definition) is 3. The molecule has 1 aromatic heterocycles. The lowest BCUT2D eigenvalue weighted by molar-refractivity contribution is -0.139. The second kappa shape index (κ2) is 6.44. The standard InChI is InChI=1S/C14H16N2O3S/c1-2-4-12(13(17)18)15-14(19)16(10-6-7-10)9-11-5-3-8-20-11/h1,3,5,8,10,12H,4,6-7,9H2,(H,15,19)(H,17,18). The lowest BCUT2D eigenvalue weighted by Gasteiger charge is -2.24. The third-order valence-corrected chi connectivity index (χ3v) is 3.93. The number of terminal acetylenes is 1. The van der Waals surface area contributed by atoms with Crippen LogP contribution in [0.2, 0.25) is 0 Å². The van der Waals surface area contributed by atoms with E-state index >= 15 is 0 Å². The molecule has 2 rings (SSSR count). The second-order valence-corrected chi connectivity index (χ2v) is 5.72. The van der Waals surface area contributed by atoms with Crippen molar-refractivity contribution in [1.82, 2.24) is 10.2 Å². The fourth-order valence-electron chi connectivity index (χ4n) is 1.87. The summed E-state index contributed by atoms with van der Waals surface area (Å²) in [5, 5.41) is 13.5. The largest absolute Gasteiger partial charge is 0.480 e. The Balaban J connectivity index is 2.00. The maximum atomic E-state index is 12.2. The number of hydrogen-bond donors (Lipinski definition) is 2. The second-order valence-electron chi connectivity index (χ2n) is 4.69. The number of carbonyl (C=O) groups is 2. The van der Waals surface area contributed by atoms with Crippen molar-refractivity contribution < 1.29 is 14.7 Å². The zero-order chi connectivity index (χ0) is 14.5. The molecule has 1 unspecified atom stereocenters. The third-order valence-electron chi connectivity index (χ3n) is 3.07. The van der Waals surface area contributed by atoms with Gasteiger partial charge in [-0.2, -0.15) is 0 Å². The lowest BCUT2D eigenvalue weighted by Crippen LogP contribution is -2.48. The molecule has 1 aliphatic carbocycles. The molecule has 0 aromatic carbocycles. The molecule has 5 nitrogen and oxygen atoms in total. The number of carboxylic acid groups (broad SMARTS) is 1. The van der Waals surface area contributed by atoms with Gasteiger partial charge in [-0.15, -0.1) is 23.7 Å². The summed E-state index contributed by atoms with van der Waals surface area (Å²) in [5.74, 6) is 1.16. The van der Waals surface area contributed by atoms with E-state index in [4.69, 9.17) is 11.5 Å². The Kier molecular flexibility index (Phi) is 4.64. The Bertz CT molecular complexity index is 517. The van der Waals surface area contributed by atoms with Gasteiger partial charge in [0, 0.05) is 17.3 Å². The van der Waals surface area contributed by atoms with E-state index in [-0.39, 0.29) is 18.5 Å². The van der Waals surface area contributed by atoms with Gasteiger partial charge in [-0.1, -0.05) is 6.07 Å². The predicted molar refractivity (Wildman–Crippen MR) is 76.3 cm³/mol. The zero-order valence-corrected chi connectivity index (χ0v) is 11.7. The minimum atomic E-state index is -1.11. The Labute approximate surface area is 121 Å². The average Bonchev–Trinajstić information content (AvgIpc) is 3.12. The van der Waals surface area contributed by atoms with E-state index in [1.54, 1.807) is 16.2 Å². The van der Waals surface area contributed by atoms with E-state index in [1.165, 1.54) is 0 Å². The molecule has 1 aromatic rings. The molecule has 0 aliphatic heterocycles. The van der Waals surface area contributed by atoms with Crippen LogP contribution in [0.4, 0.5) is 4.79 Å². The lowest BCUT2D eigenvalue weighted by atomic mass is 10.2. The van der Waals surface area contributed by atoms with Crippen LogP contribution in [0.25, 0.3) is 0 Å². The first-order valence-corrected chi connectivity index (χ1v) is 7.25. The molecule has 1 heterocycles. The monoisotopic (exact) mass is 292 g/mol. The van der Waals surface area contributed by atoms with Crippen molar-refractivity contribution in [2.24, 2.45) is 0 Å². The number of thiophene rings is 1.